The van der Waals surface area contributed by atoms with Crippen LogP contribution in [0, 0.1) is 11.3 Å². The van der Waals surface area contributed by atoms with E-state index in [0.717, 1.165) is 16.7 Å². The summed E-state index contributed by atoms with van der Waals surface area (Å²) in [7, 11) is 1.62. The smallest absolute Gasteiger partial charge is 0.155 e. The number of fused-ring (bicyclic) bond motifs is 1. The molecule has 4 nitrogen and oxygen atoms in total. The summed E-state index contributed by atoms with van der Waals surface area (Å²) in [5, 5.41) is 10.0. The van der Waals surface area contributed by atoms with Crippen molar-refractivity contribution in [1.29, 1.82) is 5.26 Å². The Morgan fingerprint density at radius 1 is 1.26 bits per heavy atom. The van der Waals surface area contributed by atoms with Crippen molar-refractivity contribution >= 4 is 11.0 Å². The van der Waals surface area contributed by atoms with E-state index in [2.05, 4.69) is 11.1 Å². The fourth-order valence-electron chi connectivity index (χ4n) is 1.96. The molecule has 2 aromatic heterocycles. The van der Waals surface area contributed by atoms with Crippen LogP contribution < -0.4 is 4.74 Å². The number of pyridine rings is 1. The molecule has 0 spiro atoms. The number of nitrogens with zero attached hydrogens (tertiary/aromatic N) is 2. The third-order valence-electron chi connectivity index (χ3n) is 2.89. The Balaban J connectivity index is 2.18. The molecule has 0 N–H and O–H groups in total. The van der Waals surface area contributed by atoms with Crippen molar-refractivity contribution in [2.45, 2.75) is 0 Å². The van der Waals surface area contributed by atoms with Crippen LogP contribution in [0.4, 0.5) is 0 Å². The van der Waals surface area contributed by atoms with Gasteiger partial charge in [0, 0.05) is 11.6 Å². The lowest BCUT2D eigenvalue weighted by Gasteiger charge is -1.97. The average molecular weight is 250 g/mol. The lowest BCUT2D eigenvalue weighted by Crippen LogP contribution is -1.85. The first kappa shape index (κ1) is 11.3. The van der Waals surface area contributed by atoms with Gasteiger partial charge >= 0.3 is 0 Å². The van der Waals surface area contributed by atoms with Crippen LogP contribution in [0.15, 0.2) is 47.0 Å². The van der Waals surface area contributed by atoms with Gasteiger partial charge in [-0.1, -0.05) is 0 Å². The van der Waals surface area contributed by atoms with E-state index >= 15 is 0 Å². The standard InChI is InChI=1S/C15H10N2O2/c1-18-12-4-5-13-11(7-12)8-14(19-13)15-10(9-16)3-2-6-17-15/h2-8H,1H3. The summed E-state index contributed by atoms with van der Waals surface area (Å²) in [6.07, 6.45) is 1.64. The van der Waals surface area contributed by atoms with Gasteiger partial charge in [-0.3, -0.25) is 4.98 Å². The molecular formula is C15H10N2O2. The maximum atomic E-state index is 9.09. The normalized spacial score (nSPS) is 10.3. The summed E-state index contributed by atoms with van der Waals surface area (Å²) in [5.41, 5.74) is 1.79. The zero-order chi connectivity index (χ0) is 13.2. The van der Waals surface area contributed by atoms with Gasteiger partial charge < -0.3 is 9.15 Å². The molecule has 2 heterocycles. The van der Waals surface area contributed by atoms with Crippen molar-refractivity contribution in [1.82, 2.24) is 4.98 Å². The first-order valence-electron chi connectivity index (χ1n) is 5.75. The number of hydrogen-bond donors (Lipinski definition) is 0. The predicted octanol–water partition coefficient (Wildman–Crippen LogP) is 3.38. The SMILES string of the molecule is COc1ccc2oc(-c3ncccc3C#N)cc2c1. The average Bonchev–Trinajstić information content (AvgIpc) is 2.89. The van der Waals surface area contributed by atoms with Gasteiger partial charge in [0.25, 0.3) is 0 Å². The highest BCUT2D eigenvalue weighted by Crippen LogP contribution is 2.30. The molecule has 0 fully saturated rings. The van der Waals surface area contributed by atoms with Crippen LogP contribution in [0.2, 0.25) is 0 Å². The lowest BCUT2D eigenvalue weighted by atomic mass is 10.1. The molecule has 1 aromatic carbocycles. The first-order valence-corrected chi connectivity index (χ1v) is 5.75. The maximum absolute atomic E-state index is 9.09. The Kier molecular flexibility index (Phi) is 2.66. The number of furan rings is 1. The number of nitriles is 1. The lowest BCUT2D eigenvalue weighted by molar-refractivity contribution is 0.415. The molecule has 92 valence electrons. The fourth-order valence-corrected chi connectivity index (χ4v) is 1.96. The number of benzene rings is 1. The summed E-state index contributed by atoms with van der Waals surface area (Å²) < 4.78 is 10.9. The van der Waals surface area contributed by atoms with Crippen LogP contribution in [0.25, 0.3) is 22.4 Å². The number of methoxy groups -OCH3 is 1. The minimum absolute atomic E-state index is 0.494. The monoisotopic (exact) mass is 250 g/mol. The molecule has 0 bridgehead atoms. The Bertz CT molecular complexity index is 784. The molecular weight excluding hydrogens is 240 g/mol. The Morgan fingerprint density at radius 3 is 2.95 bits per heavy atom. The van der Waals surface area contributed by atoms with Gasteiger partial charge in [0.2, 0.25) is 0 Å². The highest BCUT2D eigenvalue weighted by Gasteiger charge is 2.11. The molecule has 4 heteroatoms. The number of rotatable bonds is 2. The summed E-state index contributed by atoms with van der Waals surface area (Å²) in [5.74, 6) is 1.35. The quantitative estimate of drug-likeness (QED) is 0.699. The van der Waals surface area contributed by atoms with Crippen molar-refractivity contribution < 1.29 is 9.15 Å². The fraction of sp³-hybridized carbons (Fsp3) is 0.0667. The van der Waals surface area contributed by atoms with Crippen molar-refractivity contribution in [3.05, 3.63) is 48.2 Å². The number of aromatic nitrogens is 1. The topological polar surface area (TPSA) is 59.1 Å². The van der Waals surface area contributed by atoms with Crippen LogP contribution in [0.3, 0.4) is 0 Å². The zero-order valence-electron chi connectivity index (χ0n) is 10.3. The minimum atomic E-state index is 0.494. The molecule has 0 atom stereocenters. The van der Waals surface area contributed by atoms with Gasteiger partial charge in [-0.15, -0.1) is 0 Å². The molecule has 0 unspecified atom stereocenters. The van der Waals surface area contributed by atoms with E-state index in [0.29, 0.717) is 17.0 Å². The zero-order valence-corrected chi connectivity index (χ0v) is 10.3. The Labute approximate surface area is 109 Å². The third kappa shape index (κ3) is 1.91. The van der Waals surface area contributed by atoms with E-state index < -0.39 is 0 Å². The highest BCUT2D eigenvalue weighted by molar-refractivity contribution is 5.84. The van der Waals surface area contributed by atoms with E-state index in [1.807, 2.05) is 24.3 Å². The largest absolute Gasteiger partial charge is 0.497 e. The van der Waals surface area contributed by atoms with Crippen LogP contribution >= 0.6 is 0 Å². The molecule has 3 rings (SSSR count). The second-order valence-corrected chi connectivity index (χ2v) is 4.03. The molecule has 0 amide bonds. The van der Waals surface area contributed by atoms with Crippen LogP contribution in [-0.2, 0) is 0 Å². The van der Waals surface area contributed by atoms with E-state index in [-0.39, 0.29) is 0 Å². The predicted molar refractivity (Wildman–Crippen MR) is 70.7 cm³/mol. The summed E-state index contributed by atoms with van der Waals surface area (Å²) in [6, 6.07) is 13.0. The van der Waals surface area contributed by atoms with Crippen molar-refractivity contribution in [3.63, 3.8) is 0 Å². The van der Waals surface area contributed by atoms with Crippen LogP contribution in [0.1, 0.15) is 5.56 Å². The van der Waals surface area contributed by atoms with Gasteiger partial charge in [-0.2, -0.15) is 5.26 Å². The molecule has 0 aliphatic carbocycles. The summed E-state index contributed by atoms with van der Waals surface area (Å²) in [4.78, 5) is 4.21. The van der Waals surface area contributed by atoms with Gasteiger partial charge in [0.15, 0.2) is 5.76 Å². The number of ether oxygens (including phenoxy) is 1. The highest BCUT2D eigenvalue weighted by atomic mass is 16.5. The number of hydrogen-bond acceptors (Lipinski definition) is 4. The van der Waals surface area contributed by atoms with Crippen molar-refractivity contribution in [2.24, 2.45) is 0 Å². The van der Waals surface area contributed by atoms with Gasteiger partial charge in [-0.25, -0.2) is 0 Å². The summed E-state index contributed by atoms with van der Waals surface area (Å²) in [6.45, 7) is 0. The molecule has 0 aliphatic heterocycles. The maximum Gasteiger partial charge on any atom is 0.155 e. The molecule has 0 saturated carbocycles. The Hall–Kier alpha value is -2.80. The van der Waals surface area contributed by atoms with Gasteiger partial charge in [-0.05, 0) is 36.4 Å². The molecule has 0 radical (unpaired) electrons. The first-order chi connectivity index (χ1) is 9.31. The van der Waals surface area contributed by atoms with E-state index in [4.69, 9.17) is 14.4 Å². The molecule has 3 aromatic rings. The van der Waals surface area contributed by atoms with Gasteiger partial charge in [0.1, 0.15) is 23.1 Å². The third-order valence-corrected chi connectivity index (χ3v) is 2.89. The summed E-state index contributed by atoms with van der Waals surface area (Å²) >= 11 is 0. The van der Waals surface area contributed by atoms with E-state index in [1.165, 1.54) is 0 Å². The molecule has 0 aliphatic rings. The minimum Gasteiger partial charge on any atom is -0.497 e. The molecule has 0 saturated heterocycles. The van der Waals surface area contributed by atoms with E-state index in [9.17, 15) is 0 Å². The van der Waals surface area contributed by atoms with Crippen LogP contribution in [-0.4, -0.2) is 12.1 Å². The van der Waals surface area contributed by atoms with Crippen molar-refractivity contribution in [3.8, 4) is 23.3 Å². The van der Waals surface area contributed by atoms with Crippen molar-refractivity contribution in [2.75, 3.05) is 7.11 Å². The second kappa shape index (κ2) is 4.46. The van der Waals surface area contributed by atoms with Gasteiger partial charge in [0.05, 0.1) is 12.7 Å². The van der Waals surface area contributed by atoms with E-state index in [1.54, 1.807) is 25.4 Å². The molecule has 19 heavy (non-hydrogen) atoms. The second-order valence-electron chi connectivity index (χ2n) is 4.03. The Morgan fingerprint density at radius 2 is 2.16 bits per heavy atom. The van der Waals surface area contributed by atoms with Crippen LogP contribution in [0.5, 0.6) is 5.75 Å².